The predicted octanol–water partition coefficient (Wildman–Crippen LogP) is 3.11. The second-order valence-corrected chi connectivity index (χ2v) is 4.90. The highest BCUT2D eigenvalue weighted by atomic mass is 16.4. The molecule has 0 aliphatic heterocycles. The van der Waals surface area contributed by atoms with Crippen LogP contribution in [0.4, 0.5) is 0 Å². The summed E-state index contributed by atoms with van der Waals surface area (Å²) in [6.07, 6.45) is 1.21. The van der Waals surface area contributed by atoms with E-state index in [1.807, 2.05) is 60.7 Å². The first-order valence-corrected chi connectivity index (χ1v) is 6.84. The van der Waals surface area contributed by atoms with E-state index in [9.17, 15) is 14.7 Å². The molecule has 2 rings (SSSR count). The van der Waals surface area contributed by atoms with Crippen molar-refractivity contribution in [3.05, 3.63) is 83.4 Å². The molecular weight excluding hydrogens is 280 g/mol. The lowest BCUT2D eigenvalue weighted by Gasteiger charge is -2.18. The molecule has 0 aliphatic rings. The van der Waals surface area contributed by atoms with Crippen LogP contribution >= 0.6 is 0 Å². The van der Waals surface area contributed by atoms with Gasteiger partial charge >= 0.3 is 11.9 Å². The molecule has 0 saturated carbocycles. The monoisotopic (exact) mass is 296 g/mol. The van der Waals surface area contributed by atoms with Gasteiger partial charge in [0.1, 0.15) is 0 Å². The lowest BCUT2D eigenvalue weighted by molar-refractivity contribution is -0.135. The summed E-state index contributed by atoms with van der Waals surface area (Å²) >= 11 is 0. The zero-order valence-electron chi connectivity index (χ0n) is 11.8. The quantitative estimate of drug-likeness (QED) is 0.803. The van der Waals surface area contributed by atoms with E-state index in [0.717, 1.165) is 17.2 Å². The van der Waals surface area contributed by atoms with E-state index in [0.29, 0.717) is 6.42 Å². The van der Waals surface area contributed by atoms with Gasteiger partial charge in [-0.1, -0.05) is 60.7 Å². The van der Waals surface area contributed by atoms with Crippen molar-refractivity contribution in [3.63, 3.8) is 0 Å². The fraction of sp³-hybridized carbons (Fsp3) is 0.111. The minimum absolute atomic E-state index is 0.123. The van der Waals surface area contributed by atoms with Gasteiger partial charge in [0.2, 0.25) is 0 Å². The predicted molar refractivity (Wildman–Crippen MR) is 82.7 cm³/mol. The number of carboxylic acids is 2. The summed E-state index contributed by atoms with van der Waals surface area (Å²) in [4.78, 5) is 22.5. The fourth-order valence-electron chi connectivity index (χ4n) is 2.39. The van der Waals surface area contributed by atoms with Crippen LogP contribution in [0.25, 0.3) is 0 Å². The smallest absolute Gasteiger partial charge is 0.332 e. The normalized spacial score (nSPS) is 12.6. The molecule has 0 aliphatic carbocycles. The summed E-state index contributed by atoms with van der Waals surface area (Å²) in [6, 6.07) is 18.5. The van der Waals surface area contributed by atoms with Gasteiger partial charge in [0, 0.05) is 12.0 Å². The highest BCUT2D eigenvalue weighted by Gasteiger charge is 2.23. The molecule has 1 atom stereocenters. The zero-order valence-corrected chi connectivity index (χ0v) is 11.8. The molecule has 4 nitrogen and oxygen atoms in total. The largest absolute Gasteiger partial charge is 0.478 e. The number of carboxylic acid groups (broad SMARTS) is 2. The van der Waals surface area contributed by atoms with Crippen LogP contribution in [-0.2, 0) is 16.0 Å². The second-order valence-electron chi connectivity index (χ2n) is 4.90. The van der Waals surface area contributed by atoms with Crippen molar-refractivity contribution >= 4 is 11.9 Å². The van der Waals surface area contributed by atoms with Gasteiger partial charge in [0.25, 0.3) is 0 Å². The summed E-state index contributed by atoms with van der Waals surface area (Å²) in [6.45, 7) is 0. The molecule has 2 N–H and O–H groups in total. The minimum Gasteiger partial charge on any atom is -0.478 e. The number of hydrogen-bond acceptors (Lipinski definition) is 2. The van der Waals surface area contributed by atoms with E-state index in [1.165, 1.54) is 0 Å². The van der Waals surface area contributed by atoms with Gasteiger partial charge < -0.3 is 10.2 Å². The molecule has 0 radical (unpaired) electrons. The van der Waals surface area contributed by atoms with Crippen molar-refractivity contribution in [1.82, 2.24) is 0 Å². The molecule has 0 bridgehead atoms. The highest BCUT2D eigenvalue weighted by Crippen LogP contribution is 2.28. The van der Waals surface area contributed by atoms with E-state index in [-0.39, 0.29) is 5.57 Å². The first-order chi connectivity index (χ1) is 10.6. The molecule has 4 heteroatoms. The third kappa shape index (κ3) is 4.06. The Morgan fingerprint density at radius 2 is 1.45 bits per heavy atom. The Hall–Kier alpha value is -2.88. The molecule has 0 saturated heterocycles. The van der Waals surface area contributed by atoms with Gasteiger partial charge in [-0.15, -0.1) is 0 Å². The summed E-state index contributed by atoms with van der Waals surface area (Å²) in [5, 5.41) is 18.4. The second kappa shape index (κ2) is 7.22. The Morgan fingerprint density at radius 1 is 0.909 bits per heavy atom. The van der Waals surface area contributed by atoms with Crippen molar-refractivity contribution in [2.75, 3.05) is 0 Å². The Bertz CT molecular complexity index is 675. The molecule has 112 valence electrons. The molecule has 1 unspecified atom stereocenters. The Balaban J connectivity index is 2.45. The van der Waals surface area contributed by atoms with Gasteiger partial charge in [-0.3, -0.25) is 0 Å². The maximum Gasteiger partial charge on any atom is 0.332 e. The maximum absolute atomic E-state index is 11.5. The van der Waals surface area contributed by atoms with E-state index in [2.05, 4.69) is 0 Å². The third-order valence-electron chi connectivity index (χ3n) is 3.39. The molecule has 0 amide bonds. The van der Waals surface area contributed by atoms with Crippen LogP contribution in [0.1, 0.15) is 17.0 Å². The first-order valence-electron chi connectivity index (χ1n) is 6.84. The van der Waals surface area contributed by atoms with Crippen LogP contribution in [0.3, 0.4) is 0 Å². The summed E-state index contributed by atoms with van der Waals surface area (Å²) < 4.78 is 0. The van der Waals surface area contributed by atoms with Gasteiger partial charge in [0.05, 0.1) is 5.57 Å². The number of benzene rings is 2. The first kappa shape index (κ1) is 15.5. The van der Waals surface area contributed by atoms with Crippen LogP contribution in [0.2, 0.25) is 0 Å². The van der Waals surface area contributed by atoms with Crippen LogP contribution in [-0.4, -0.2) is 22.2 Å². The van der Waals surface area contributed by atoms with E-state index >= 15 is 0 Å². The fourth-order valence-corrected chi connectivity index (χ4v) is 2.39. The molecular formula is C18H16O4. The summed E-state index contributed by atoms with van der Waals surface area (Å²) in [7, 11) is 0. The molecule has 22 heavy (non-hydrogen) atoms. The van der Waals surface area contributed by atoms with E-state index < -0.39 is 17.9 Å². The Morgan fingerprint density at radius 3 is 1.95 bits per heavy atom. The van der Waals surface area contributed by atoms with Crippen LogP contribution < -0.4 is 0 Å². The van der Waals surface area contributed by atoms with Crippen molar-refractivity contribution in [2.24, 2.45) is 0 Å². The topological polar surface area (TPSA) is 74.6 Å². The average molecular weight is 296 g/mol. The summed E-state index contributed by atoms with van der Waals surface area (Å²) in [5.74, 6) is -2.99. The summed E-state index contributed by atoms with van der Waals surface area (Å²) in [5.41, 5.74) is 1.61. The zero-order chi connectivity index (χ0) is 15.9. The van der Waals surface area contributed by atoms with E-state index in [4.69, 9.17) is 5.11 Å². The Kier molecular flexibility index (Phi) is 5.09. The van der Waals surface area contributed by atoms with Gasteiger partial charge in [-0.2, -0.15) is 0 Å². The van der Waals surface area contributed by atoms with Gasteiger partial charge in [0.15, 0.2) is 0 Å². The molecule has 0 heterocycles. The van der Waals surface area contributed by atoms with Crippen molar-refractivity contribution in [1.29, 1.82) is 0 Å². The number of carbonyl (C=O) groups is 2. The number of aliphatic carboxylic acids is 2. The maximum atomic E-state index is 11.5. The Labute approximate surface area is 128 Å². The highest BCUT2D eigenvalue weighted by molar-refractivity contribution is 5.96. The average Bonchev–Trinajstić information content (AvgIpc) is 2.52. The van der Waals surface area contributed by atoms with Crippen LogP contribution in [0, 0.1) is 0 Å². The van der Waals surface area contributed by atoms with E-state index in [1.54, 1.807) is 0 Å². The van der Waals surface area contributed by atoms with Crippen molar-refractivity contribution < 1.29 is 19.8 Å². The SMILES string of the molecule is O=C(O)/C=C(\C(=O)O)C(Cc1ccccc1)c1ccccc1. The molecule has 0 fully saturated rings. The molecule has 2 aromatic carbocycles. The van der Waals surface area contributed by atoms with Crippen molar-refractivity contribution in [3.8, 4) is 0 Å². The molecule has 0 spiro atoms. The third-order valence-corrected chi connectivity index (χ3v) is 3.39. The van der Waals surface area contributed by atoms with Crippen molar-refractivity contribution in [2.45, 2.75) is 12.3 Å². The lowest BCUT2D eigenvalue weighted by Crippen LogP contribution is -2.15. The minimum atomic E-state index is -1.26. The molecule has 2 aromatic rings. The standard InChI is InChI=1S/C18H16O4/c19-17(20)12-16(18(21)22)15(14-9-5-2-6-10-14)11-13-7-3-1-4-8-13/h1-10,12,15H,11H2,(H,19,20)(H,21,22)/b16-12-. The number of rotatable bonds is 6. The van der Waals surface area contributed by atoms with Gasteiger partial charge in [-0.25, -0.2) is 9.59 Å². The van der Waals surface area contributed by atoms with Crippen LogP contribution in [0.5, 0.6) is 0 Å². The lowest BCUT2D eigenvalue weighted by atomic mass is 9.85. The number of hydrogen-bond donors (Lipinski definition) is 2. The van der Waals surface area contributed by atoms with Gasteiger partial charge in [-0.05, 0) is 17.5 Å². The molecule has 0 aromatic heterocycles. The van der Waals surface area contributed by atoms with Crippen LogP contribution in [0.15, 0.2) is 72.3 Å².